The van der Waals surface area contributed by atoms with Gasteiger partial charge in [-0.2, -0.15) is 4.98 Å². The van der Waals surface area contributed by atoms with Crippen molar-refractivity contribution in [1.82, 2.24) is 14.7 Å². The first-order valence-corrected chi connectivity index (χ1v) is 11.1. The van der Waals surface area contributed by atoms with Gasteiger partial charge in [0, 0.05) is 23.9 Å². The third kappa shape index (κ3) is 7.82. The van der Waals surface area contributed by atoms with Gasteiger partial charge in [0.25, 0.3) is 0 Å². The summed E-state index contributed by atoms with van der Waals surface area (Å²) in [5, 5.41) is 15.0. The van der Waals surface area contributed by atoms with Crippen LogP contribution in [0, 0.1) is 11.8 Å². The summed E-state index contributed by atoms with van der Waals surface area (Å²) in [5.74, 6) is 5.74. The molecule has 0 saturated heterocycles. The number of sulfonamides is 1. The number of aromatic nitrogens is 2. The van der Waals surface area contributed by atoms with E-state index >= 15 is 0 Å². The largest absolute Gasteiger partial charge is 0.466 e. The first-order valence-electron chi connectivity index (χ1n) is 9.24. The first kappa shape index (κ1) is 25.1. The molecule has 10 nitrogen and oxygen atoms in total. The van der Waals surface area contributed by atoms with Crippen LogP contribution in [0.2, 0.25) is 5.02 Å². The lowest BCUT2D eigenvalue weighted by molar-refractivity contribution is -0.134. The molecule has 0 fully saturated rings. The molecule has 2 rings (SSSR count). The quantitative estimate of drug-likeness (QED) is 0.240. The number of benzene rings is 1. The average molecular weight is 480 g/mol. The minimum absolute atomic E-state index is 0.0611. The maximum atomic E-state index is 12.1. The average Bonchev–Trinajstić information content (AvgIpc) is 2.77. The van der Waals surface area contributed by atoms with Gasteiger partial charge < -0.3 is 20.5 Å². The highest BCUT2D eigenvalue weighted by atomic mass is 35.5. The van der Waals surface area contributed by atoms with Gasteiger partial charge in [0.05, 0.1) is 31.4 Å². The number of aliphatic hydroxyl groups excluding tert-OH is 1. The monoisotopic (exact) mass is 479 g/mol. The maximum Gasteiger partial charge on any atom is 0.331 e. The molecule has 1 aromatic carbocycles. The summed E-state index contributed by atoms with van der Waals surface area (Å²) in [4.78, 5) is 19.6. The summed E-state index contributed by atoms with van der Waals surface area (Å²) in [5.41, 5.74) is 1.11. The Morgan fingerprint density at radius 2 is 2.03 bits per heavy atom. The van der Waals surface area contributed by atoms with Crippen LogP contribution in [0.25, 0.3) is 0 Å². The van der Waals surface area contributed by atoms with Gasteiger partial charge in [0.1, 0.15) is 5.02 Å². The predicted molar refractivity (Wildman–Crippen MR) is 121 cm³/mol. The lowest BCUT2D eigenvalue weighted by atomic mass is 10.3. The number of esters is 1. The minimum atomic E-state index is -3.69. The van der Waals surface area contributed by atoms with E-state index in [2.05, 4.69) is 41.9 Å². The molecule has 0 unspecified atom stereocenters. The number of hydrogen-bond donors (Lipinski definition) is 4. The number of aliphatic hydroxyl groups is 1. The topological polar surface area (TPSA) is 143 Å². The Morgan fingerprint density at radius 1 is 1.31 bits per heavy atom. The van der Waals surface area contributed by atoms with E-state index in [9.17, 15) is 13.2 Å². The van der Waals surface area contributed by atoms with Crippen molar-refractivity contribution < 1.29 is 23.1 Å². The third-order valence-corrected chi connectivity index (χ3v) is 5.49. The Labute approximate surface area is 191 Å². The van der Waals surface area contributed by atoms with Crippen LogP contribution in [-0.4, -0.2) is 56.3 Å². The summed E-state index contributed by atoms with van der Waals surface area (Å²) < 4.78 is 30.9. The van der Waals surface area contributed by atoms with Crippen molar-refractivity contribution >= 4 is 45.0 Å². The molecule has 1 aromatic heterocycles. The van der Waals surface area contributed by atoms with Crippen LogP contribution in [0.3, 0.4) is 0 Å². The van der Waals surface area contributed by atoms with E-state index in [0.717, 1.165) is 0 Å². The third-order valence-electron chi connectivity index (χ3n) is 3.73. The number of halogens is 1. The number of anilines is 3. The van der Waals surface area contributed by atoms with Crippen molar-refractivity contribution in [2.45, 2.75) is 11.8 Å². The van der Waals surface area contributed by atoms with Crippen molar-refractivity contribution in [3.8, 4) is 11.8 Å². The van der Waals surface area contributed by atoms with Crippen LogP contribution in [-0.2, 0) is 19.6 Å². The number of hydrogen-bond acceptors (Lipinski definition) is 9. The fourth-order valence-electron chi connectivity index (χ4n) is 2.24. The normalized spacial score (nSPS) is 11.3. The number of methoxy groups -OCH3 is 1. The molecular weight excluding hydrogens is 458 g/mol. The molecule has 0 aliphatic heterocycles. The van der Waals surface area contributed by atoms with Gasteiger partial charge in [0.15, 0.2) is 5.82 Å². The van der Waals surface area contributed by atoms with Gasteiger partial charge in [-0.1, -0.05) is 23.4 Å². The number of rotatable bonds is 9. The smallest absolute Gasteiger partial charge is 0.331 e. The molecule has 0 aliphatic rings. The van der Waals surface area contributed by atoms with Gasteiger partial charge in [-0.3, -0.25) is 0 Å². The highest BCUT2D eigenvalue weighted by Crippen LogP contribution is 2.22. The van der Waals surface area contributed by atoms with Crippen molar-refractivity contribution in [3.63, 3.8) is 0 Å². The van der Waals surface area contributed by atoms with E-state index in [-0.39, 0.29) is 35.6 Å². The number of allylic oxidation sites excluding steroid dienone is 1. The van der Waals surface area contributed by atoms with E-state index in [1.54, 1.807) is 19.1 Å². The van der Waals surface area contributed by atoms with Gasteiger partial charge in [-0.05, 0) is 31.2 Å². The highest BCUT2D eigenvalue weighted by molar-refractivity contribution is 7.89. The van der Waals surface area contributed by atoms with E-state index in [0.29, 0.717) is 17.1 Å². The van der Waals surface area contributed by atoms with Crippen LogP contribution in [0.5, 0.6) is 0 Å². The number of carbonyl (C=O) groups excluding carboxylic acids is 1. The lowest BCUT2D eigenvalue weighted by Gasteiger charge is -2.10. The molecule has 0 bridgehead atoms. The van der Waals surface area contributed by atoms with E-state index in [4.69, 9.17) is 16.7 Å². The molecule has 1 heterocycles. The molecule has 4 N–H and O–H groups in total. The molecule has 170 valence electrons. The summed E-state index contributed by atoms with van der Waals surface area (Å²) in [6.07, 6.45) is 2.69. The maximum absolute atomic E-state index is 12.1. The van der Waals surface area contributed by atoms with Crippen molar-refractivity contribution in [3.05, 3.63) is 47.1 Å². The Hall–Kier alpha value is -3.17. The molecule has 32 heavy (non-hydrogen) atoms. The van der Waals surface area contributed by atoms with Crippen LogP contribution in [0.4, 0.5) is 17.5 Å². The summed E-state index contributed by atoms with van der Waals surface area (Å²) in [7, 11) is -2.40. The minimum Gasteiger partial charge on any atom is -0.466 e. The zero-order chi connectivity index (χ0) is 23.6. The second-order valence-corrected chi connectivity index (χ2v) is 8.34. The fourth-order valence-corrected chi connectivity index (χ4v) is 3.42. The molecule has 12 heteroatoms. The summed E-state index contributed by atoms with van der Waals surface area (Å²) >= 11 is 6.11. The van der Waals surface area contributed by atoms with E-state index in [1.165, 1.54) is 31.5 Å². The Bertz CT molecular complexity index is 1140. The lowest BCUT2D eigenvalue weighted by Crippen LogP contribution is -2.26. The van der Waals surface area contributed by atoms with Gasteiger partial charge in [0.2, 0.25) is 16.0 Å². The van der Waals surface area contributed by atoms with E-state index < -0.39 is 16.0 Å². The molecule has 0 aliphatic carbocycles. The highest BCUT2D eigenvalue weighted by Gasteiger charge is 2.13. The fraction of sp³-hybridized carbons (Fsp3) is 0.250. The molecular formula is C20H22ClN5O5S. The number of carbonyl (C=O) groups is 1. The standard InChI is InChI=1S/C20H22ClN5O5S/c1-14(12-18(28)31-2)4-3-9-22-19-17(21)13-23-20(26-19)25-15-5-7-16(8-6-15)32(29,30)24-10-11-27/h5-8,12-13,24,27H,9-11H2,1-2H3,(H2,22,23,25,26)/b14-12+. The molecule has 0 saturated carbocycles. The summed E-state index contributed by atoms with van der Waals surface area (Å²) in [6.45, 7) is 1.54. The van der Waals surface area contributed by atoms with Gasteiger partial charge in [-0.15, -0.1) is 0 Å². The molecule has 0 amide bonds. The van der Waals surface area contributed by atoms with Crippen LogP contribution < -0.4 is 15.4 Å². The van der Waals surface area contributed by atoms with Crippen molar-refractivity contribution in [1.29, 1.82) is 0 Å². The Kier molecular flexibility index (Phi) is 9.42. The summed E-state index contributed by atoms with van der Waals surface area (Å²) in [6, 6.07) is 5.94. The van der Waals surface area contributed by atoms with E-state index in [1.807, 2.05) is 0 Å². The second kappa shape index (κ2) is 12.0. The SMILES string of the molecule is COC(=O)/C=C(\C)C#CCNc1nc(Nc2ccc(S(=O)(=O)NCCO)cc2)ncc1Cl. The Balaban J connectivity index is 2.04. The molecule has 2 aromatic rings. The predicted octanol–water partition coefficient (Wildman–Crippen LogP) is 1.68. The number of ether oxygens (including phenoxy) is 1. The molecule has 0 spiro atoms. The second-order valence-electron chi connectivity index (χ2n) is 6.17. The number of nitrogens with one attached hydrogen (secondary N) is 3. The molecule has 0 atom stereocenters. The van der Waals surface area contributed by atoms with Crippen LogP contribution in [0.15, 0.2) is 47.0 Å². The Morgan fingerprint density at radius 3 is 2.69 bits per heavy atom. The molecule has 0 radical (unpaired) electrons. The first-order chi connectivity index (χ1) is 15.2. The number of nitrogens with zero attached hydrogens (tertiary/aromatic N) is 2. The zero-order valence-corrected chi connectivity index (χ0v) is 18.9. The van der Waals surface area contributed by atoms with Gasteiger partial charge >= 0.3 is 5.97 Å². The zero-order valence-electron chi connectivity index (χ0n) is 17.3. The van der Waals surface area contributed by atoms with Crippen LogP contribution >= 0.6 is 11.6 Å². The van der Waals surface area contributed by atoms with Crippen LogP contribution in [0.1, 0.15) is 6.92 Å². The van der Waals surface area contributed by atoms with Gasteiger partial charge in [-0.25, -0.2) is 22.9 Å². The van der Waals surface area contributed by atoms with Crippen molar-refractivity contribution in [2.75, 3.05) is 37.4 Å². The van der Waals surface area contributed by atoms with Crippen molar-refractivity contribution in [2.24, 2.45) is 0 Å².